The van der Waals surface area contributed by atoms with Crippen molar-refractivity contribution in [2.45, 2.75) is 19.6 Å². The highest BCUT2D eigenvalue weighted by Crippen LogP contribution is 2.26. The molecule has 30 heavy (non-hydrogen) atoms. The molecule has 0 saturated carbocycles. The topological polar surface area (TPSA) is 70.7 Å². The number of aromatic amines is 1. The molecule has 0 radical (unpaired) electrons. The third kappa shape index (κ3) is 5.37. The summed E-state index contributed by atoms with van der Waals surface area (Å²) in [6.45, 7) is -2.12. The minimum absolute atomic E-state index is 0.0401. The van der Waals surface area contributed by atoms with Gasteiger partial charge in [0.05, 0.1) is 7.11 Å². The largest absolute Gasteiger partial charge is 0.497 e. The van der Waals surface area contributed by atoms with Crippen LogP contribution < -0.4 is 20.1 Å². The van der Waals surface area contributed by atoms with Gasteiger partial charge in [0, 0.05) is 48.9 Å². The molecule has 0 fully saturated rings. The van der Waals surface area contributed by atoms with Gasteiger partial charge in [0.25, 0.3) is 0 Å². The van der Waals surface area contributed by atoms with E-state index in [1.807, 2.05) is 6.20 Å². The van der Waals surface area contributed by atoms with Crippen LogP contribution in [0.15, 0.2) is 47.6 Å². The zero-order chi connectivity index (χ0) is 21.5. The first-order valence-corrected chi connectivity index (χ1v) is 9.32. The SMILES string of the molecule is CN=C(NCCc1c[nH]c2cc(F)ccc12)NCc1ccc(OC)cc1OC(F)F. The maximum absolute atomic E-state index is 13.3. The fourth-order valence-corrected chi connectivity index (χ4v) is 3.09. The van der Waals surface area contributed by atoms with Gasteiger partial charge >= 0.3 is 6.61 Å². The van der Waals surface area contributed by atoms with E-state index in [1.54, 1.807) is 25.2 Å². The Morgan fingerprint density at radius 1 is 1.13 bits per heavy atom. The number of rotatable bonds is 8. The Kier molecular flexibility index (Phi) is 7.05. The van der Waals surface area contributed by atoms with Gasteiger partial charge in [-0.1, -0.05) is 0 Å². The van der Waals surface area contributed by atoms with Crippen LogP contribution in [0.1, 0.15) is 11.1 Å². The Bertz CT molecular complexity index is 1020. The van der Waals surface area contributed by atoms with Crippen LogP contribution in [-0.2, 0) is 13.0 Å². The molecular weight excluding hydrogens is 397 g/mol. The van der Waals surface area contributed by atoms with Crippen LogP contribution in [0.25, 0.3) is 10.9 Å². The average molecular weight is 420 g/mol. The molecule has 0 unspecified atom stereocenters. The van der Waals surface area contributed by atoms with Crippen molar-refractivity contribution >= 4 is 16.9 Å². The number of hydrogen-bond acceptors (Lipinski definition) is 3. The number of methoxy groups -OCH3 is 1. The van der Waals surface area contributed by atoms with Gasteiger partial charge in [0.15, 0.2) is 5.96 Å². The number of aliphatic imine (C=N–C) groups is 1. The average Bonchev–Trinajstić information content (AvgIpc) is 3.12. The number of alkyl halides is 2. The molecule has 1 aromatic heterocycles. The van der Waals surface area contributed by atoms with Gasteiger partial charge in [-0.3, -0.25) is 4.99 Å². The lowest BCUT2D eigenvalue weighted by Gasteiger charge is -2.15. The molecule has 0 spiro atoms. The van der Waals surface area contributed by atoms with Crippen molar-refractivity contribution in [2.75, 3.05) is 20.7 Å². The van der Waals surface area contributed by atoms with Crippen LogP contribution in [0.3, 0.4) is 0 Å². The van der Waals surface area contributed by atoms with E-state index in [4.69, 9.17) is 4.74 Å². The van der Waals surface area contributed by atoms with Gasteiger partial charge < -0.3 is 25.1 Å². The normalized spacial score (nSPS) is 11.7. The Morgan fingerprint density at radius 3 is 2.70 bits per heavy atom. The second kappa shape index (κ2) is 9.91. The third-order valence-electron chi connectivity index (χ3n) is 4.58. The summed E-state index contributed by atoms with van der Waals surface area (Å²) in [7, 11) is 3.07. The number of aromatic nitrogens is 1. The van der Waals surface area contributed by atoms with Crippen molar-refractivity contribution in [1.82, 2.24) is 15.6 Å². The Hall–Kier alpha value is -3.36. The summed E-state index contributed by atoms with van der Waals surface area (Å²) in [5.74, 6) is 0.695. The highest BCUT2D eigenvalue weighted by Gasteiger charge is 2.12. The van der Waals surface area contributed by atoms with E-state index in [-0.39, 0.29) is 18.1 Å². The van der Waals surface area contributed by atoms with Gasteiger partial charge in [-0.15, -0.1) is 0 Å². The molecule has 0 aliphatic carbocycles. The summed E-state index contributed by atoms with van der Waals surface area (Å²) in [6, 6.07) is 9.38. The van der Waals surface area contributed by atoms with Crippen LogP contribution >= 0.6 is 0 Å². The molecule has 3 aromatic rings. The number of fused-ring (bicyclic) bond motifs is 1. The summed E-state index contributed by atoms with van der Waals surface area (Å²) in [4.78, 5) is 7.20. The first-order chi connectivity index (χ1) is 14.5. The minimum atomic E-state index is -2.93. The standard InChI is InChI=1S/C21H23F3N4O2/c1-25-21(26-8-7-13-11-27-18-9-15(22)4-6-17(13)18)28-12-14-3-5-16(29-2)10-19(14)30-20(23)24/h3-6,9-11,20,27H,7-8,12H2,1-2H3,(H2,25,26,28). The quantitative estimate of drug-likeness (QED) is 0.383. The number of halogens is 3. The highest BCUT2D eigenvalue weighted by molar-refractivity contribution is 5.83. The number of nitrogens with one attached hydrogen (secondary N) is 3. The lowest BCUT2D eigenvalue weighted by atomic mass is 10.1. The molecule has 0 amide bonds. The van der Waals surface area contributed by atoms with Crippen LogP contribution in [-0.4, -0.2) is 38.3 Å². The Labute approximate surface area is 172 Å². The first kappa shape index (κ1) is 21.4. The molecule has 2 aromatic carbocycles. The minimum Gasteiger partial charge on any atom is -0.497 e. The van der Waals surface area contributed by atoms with Crippen LogP contribution in [0.2, 0.25) is 0 Å². The lowest BCUT2D eigenvalue weighted by molar-refractivity contribution is -0.0505. The van der Waals surface area contributed by atoms with E-state index in [9.17, 15) is 13.2 Å². The molecule has 0 aliphatic heterocycles. The van der Waals surface area contributed by atoms with E-state index < -0.39 is 6.61 Å². The number of hydrogen-bond donors (Lipinski definition) is 3. The van der Waals surface area contributed by atoms with Gasteiger partial charge in [-0.05, 0) is 42.3 Å². The van der Waals surface area contributed by atoms with Crippen molar-refractivity contribution in [3.8, 4) is 11.5 Å². The van der Waals surface area contributed by atoms with E-state index in [0.717, 1.165) is 16.5 Å². The van der Waals surface area contributed by atoms with Crippen molar-refractivity contribution in [3.05, 3.63) is 59.5 Å². The van der Waals surface area contributed by atoms with Crippen LogP contribution in [0.4, 0.5) is 13.2 Å². The van der Waals surface area contributed by atoms with Crippen molar-refractivity contribution < 1.29 is 22.6 Å². The predicted octanol–water partition coefficient (Wildman–Crippen LogP) is 3.82. The monoisotopic (exact) mass is 420 g/mol. The molecule has 3 rings (SSSR count). The third-order valence-corrected chi connectivity index (χ3v) is 4.58. The number of nitrogens with zero attached hydrogens (tertiary/aromatic N) is 1. The second-order valence-electron chi connectivity index (χ2n) is 6.46. The van der Waals surface area contributed by atoms with Gasteiger partial charge in [0.2, 0.25) is 0 Å². The lowest BCUT2D eigenvalue weighted by Crippen LogP contribution is -2.37. The summed E-state index contributed by atoms with van der Waals surface area (Å²) in [5.41, 5.74) is 2.34. The molecule has 1 heterocycles. The zero-order valence-corrected chi connectivity index (χ0v) is 16.6. The number of guanidine groups is 1. The van der Waals surface area contributed by atoms with E-state index >= 15 is 0 Å². The van der Waals surface area contributed by atoms with E-state index in [2.05, 4.69) is 25.3 Å². The van der Waals surface area contributed by atoms with E-state index in [0.29, 0.717) is 30.2 Å². The van der Waals surface area contributed by atoms with Crippen LogP contribution in [0.5, 0.6) is 11.5 Å². The van der Waals surface area contributed by atoms with Crippen molar-refractivity contribution in [2.24, 2.45) is 4.99 Å². The Balaban J connectivity index is 1.57. The molecule has 0 bridgehead atoms. The maximum atomic E-state index is 13.3. The van der Waals surface area contributed by atoms with Gasteiger partial charge in [0.1, 0.15) is 17.3 Å². The molecule has 6 nitrogen and oxygen atoms in total. The molecule has 0 atom stereocenters. The van der Waals surface area contributed by atoms with Crippen molar-refractivity contribution in [1.29, 1.82) is 0 Å². The molecule has 3 N–H and O–H groups in total. The second-order valence-corrected chi connectivity index (χ2v) is 6.46. The smallest absolute Gasteiger partial charge is 0.387 e. The fraction of sp³-hybridized carbons (Fsp3) is 0.286. The summed E-state index contributed by atoms with van der Waals surface area (Å²) < 4.78 is 48.3. The molecule has 0 saturated heterocycles. The summed E-state index contributed by atoms with van der Waals surface area (Å²) in [6.07, 6.45) is 2.54. The zero-order valence-electron chi connectivity index (χ0n) is 16.6. The molecule has 160 valence electrons. The predicted molar refractivity (Wildman–Crippen MR) is 110 cm³/mol. The summed E-state index contributed by atoms with van der Waals surface area (Å²) in [5, 5.41) is 7.22. The summed E-state index contributed by atoms with van der Waals surface area (Å²) >= 11 is 0. The fourth-order valence-electron chi connectivity index (χ4n) is 3.09. The highest BCUT2D eigenvalue weighted by atomic mass is 19.3. The molecule has 9 heteroatoms. The van der Waals surface area contributed by atoms with Gasteiger partial charge in [-0.25, -0.2) is 4.39 Å². The number of ether oxygens (including phenoxy) is 2. The Morgan fingerprint density at radius 2 is 1.97 bits per heavy atom. The van der Waals surface area contributed by atoms with Crippen LogP contribution in [0, 0.1) is 5.82 Å². The maximum Gasteiger partial charge on any atom is 0.387 e. The van der Waals surface area contributed by atoms with Gasteiger partial charge in [-0.2, -0.15) is 8.78 Å². The number of H-pyrrole nitrogens is 1. The first-order valence-electron chi connectivity index (χ1n) is 9.32. The molecule has 0 aliphatic rings. The number of benzene rings is 2. The van der Waals surface area contributed by atoms with E-state index in [1.165, 1.54) is 25.3 Å². The molecular formula is C21H23F3N4O2. The van der Waals surface area contributed by atoms with Crippen molar-refractivity contribution in [3.63, 3.8) is 0 Å².